The third kappa shape index (κ3) is 5.59. The van der Waals surface area contributed by atoms with Gasteiger partial charge in [0.15, 0.2) is 5.78 Å². The van der Waals surface area contributed by atoms with Crippen LogP contribution in [0.5, 0.6) is 0 Å². The molecule has 0 aliphatic carbocycles. The van der Waals surface area contributed by atoms with Crippen molar-refractivity contribution in [2.24, 2.45) is 0 Å². The zero-order valence-corrected chi connectivity index (χ0v) is 14.0. The molecule has 2 aromatic rings. The molecule has 0 heterocycles. The van der Waals surface area contributed by atoms with Crippen molar-refractivity contribution in [2.45, 2.75) is 32.7 Å². The van der Waals surface area contributed by atoms with Crippen molar-refractivity contribution in [1.29, 1.82) is 0 Å². The summed E-state index contributed by atoms with van der Waals surface area (Å²) in [4.78, 5) is 22.2. The number of nitro benzene ring substituents is 1. The maximum absolute atomic E-state index is 12.0. The molecule has 1 N–H and O–H groups in total. The predicted octanol–water partition coefficient (Wildman–Crippen LogP) is 3.24. The van der Waals surface area contributed by atoms with Gasteiger partial charge in [-0.05, 0) is 31.4 Å². The standard InChI is InChI=1S/C19H22N2O3/c1-14-3-5-16(6-4-14)11-15(2)20-13-19(22)12-17-7-9-18(10-8-17)21(23)24/h3-10,15,20H,11-13H2,1-2H3/t15-/m1/s1. The lowest BCUT2D eigenvalue weighted by molar-refractivity contribution is -0.384. The average molecular weight is 326 g/mol. The van der Waals surface area contributed by atoms with Crippen molar-refractivity contribution in [3.8, 4) is 0 Å². The fourth-order valence-corrected chi connectivity index (χ4v) is 2.46. The maximum atomic E-state index is 12.0. The predicted molar refractivity (Wildman–Crippen MR) is 94.2 cm³/mol. The minimum Gasteiger partial charge on any atom is -0.307 e. The van der Waals surface area contributed by atoms with Crippen LogP contribution >= 0.6 is 0 Å². The fraction of sp³-hybridized carbons (Fsp3) is 0.316. The van der Waals surface area contributed by atoms with Gasteiger partial charge >= 0.3 is 0 Å². The van der Waals surface area contributed by atoms with Crippen molar-refractivity contribution >= 4 is 11.5 Å². The highest BCUT2D eigenvalue weighted by molar-refractivity contribution is 5.82. The summed E-state index contributed by atoms with van der Waals surface area (Å²) < 4.78 is 0. The molecule has 0 aromatic heterocycles. The first-order chi connectivity index (χ1) is 11.4. The third-order valence-electron chi connectivity index (χ3n) is 3.86. The third-order valence-corrected chi connectivity index (χ3v) is 3.86. The van der Waals surface area contributed by atoms with E-state index in [1.807, 2.05) is 0 Å². The number of Topliss-reactive ketones (excluding diaryl/α,β-unsaturated/α-hetero) is 1. The molecule has 2 rings (SSSR count). The summed E-state index contributed by atoms with van der Waals surface area (Å²) in [6.45, 7) is 4.41. The molecule has 0 saturated carbocycles. The van der Waals surface area contributed by atoms with Crippen molar-refractivity contribution < 1.29 is 9.72 Å². The number of hydrogen-bond donors (Lipinski definition) is 1. The number of carbonyl (C=O) groups is 1. The number of non-ortho nitro benzene ring substituents is 1. The molecule has 0 saturated heterocycles. The van der Waals surface area contributed by atoms with Crippen LogP contribution in [0.4, 0.5) is 5.69 Å². The van der Waals surface area contributed by atoms with Crippen LogP contribution in [-0.2, 0) is 17.6 Å². The summed E-state index contributed by atoms with van der Waals surface area (Å²) in [6, 6.07) is 14.7. The van der Waals surface area contributed by atoms with Gasteiger partial charge in [0.2, 0.25) is 0 Å². The molecule has 2 aromatic carbocycles. The lowest BCUT2D eigenvalue weighted by Gasteiger charge is -2.13. The van der Waals surface area contributed by atoms with Crippen LogP contribution in [0.2, 0.25) is 0 Å². The van der Waals surface area contributed by atoms with Gasteiger partial charge in [0, 0.05) is 24.6 Å². The molecule has 0 aliphatic heterocycles. The van der Waals surface area contributed by atoms with E-state index in [0.717, 1.165) is 12.0 Å². The van der Waals surface area contributed by atoms with Crippen LogP contribution in [0.3, 0.4) is 0 Å². The normalized spacial score (nSPS) is 11.9. The number of benzene rings is 2. The fourth-order valence-electron chi connectivity index (χ4n) is 2.46. The van der Waals surface area contributed by atoms with Gasteiger partial charge in [-0.25, -0.2) is 0 Å². The van der Waals surface area contributed by atoms with E-state index in [0.29, 0.717) is 6.54 Å². The van der Waals surface area contributed by atoms with Gasteiger partial charge in [0.1, 0.15) is 0 Å². The number of rotatable bonds is 8. The number of ketones is 1. The Morgan fingerprint density at radius 3 is 2.25 bits per heavy atom. The number of nitro groups is 1. The minimum absolute atomic E-state index is 0.0380. The molecular weight excluding hydrogens is 304 g/mol. The van der Waals surface area contributed by atoms with Crippen LogP contribution in [0.1, 0.15) is 23.6 Å². The summed E-state index contributed by atoms with van der Waals surface area (Å²) in [7, 11) is 0. The van der Waals surface area contributed by atoms with Crippen LogP contribution in [0.15, 0.2) is 48.5 Å². The molecule has 1 atom stereocenters. The second-order valence-electron chi connectivity index (χ2n) is 6.11. The molecule has 24 heavy (non-hydrogen) atoms. The summed E-state index contributed by atoms with van der Waals surface area (Å²) in [5, 5.41) is 13.8. The summed E-state index contributed by atoms with van der Waals surface area (Å²) in [5.74, 6) is 0.0691. The second-order valence-corrected chi connectivity index (χ2v) is 6.11. The van der Waals surface area contributed by atoms with Gasteiger partial charge in [0.25, 0.3) is 5.69 Å². The quantitative estimate of drug-likeness (QED) is 0.597. The van der Waals surface area contributed by atoms with Gasteiger partial charge < -0.3 is 5.32 Å². The Balaban J connectivity index is 1.77. The first kappa shape index (κ1) is 17.8. The highest BCUT2D eigenvalue weighted by Crippen LogP contribution is 2.12. The topological polar surface area (TPSA) is 72.2 Å². The Bertz CT molecular complexity index is 694. The van der Waals surface area contributed by atoms with Gasteiger partial charge in [-0.1, -0.05) is 42.0 Å². The number of aryl methyl sites for hydroxylation is 1. The van der Waals surface area contributed by atoms with Gasteiger partial charge in [-0.15, -0.1) is 0 Å². The van der Waals surface area contributed by atoms with Crippen LogP contribution in [0, 0.1) is 17.0 Å². The second kappa shape index (κ2) is 8.36. The molecule has 0 unspecified atom stereocenters. The molecule has 0 spiro atoms. The zero-order chi connectivity index (χ0) is 17.5. The largest absolute Gasteiger partial charge is 0.307 e. The van der Waals surface area contributed by atoms with Gasteiger partial charge in [-0.2, -0.15) is 0 Å². The van der Waals surface area contributed by atoms with E-state index in [1.54, 1.807) is 12.1 Å². The summed E-state index contributed by atoms with van der Waals surface area (Å²) >= 11 is 0. The molecule has 0 amide bonds. The Kier molecular flexibility index (Phi) is 6.21. The van der Waals surface area contributed by atoms with E-state index < -0.39 is 4.92 Å². The number of carbonyl (C=O) groups excluding carboxylic acids is 1. The first-order valence-electron chi connectivity index (χ1n) is 7.98. The van der Waals surface area contributed by atoms with E-state index in [4.69, 9.17) is 0 Å². The average Bonchev–Trinajstić information content (AvgIpc) is 2.55. The number of nitrogens with one attached hydrogen (secondary N) is 1. The Morgan fingerprint density at radius 1 is 1.08 bits per heavy atom. The summed E-state index contributed by atoms with van der Waals surface area (Å²) in [5.41, 5.74) is 3.30. The first-order valence-corrected chi connectivity index (χ1v) is 7.98. The van der Waals surface area contributed by atoms with E-state index in [1.165, 1.54) is 23.3 Å². The molecule has 5 heteroatoms. The van der Waals surface area contributed by atoms with Crippen LogP contribution < -0.4 is 5.32 Å². The molecule has 0 bridgehead atoms. The number of nitrogens with zero attached hydrogens (tertiary/aromatic N) is 1. The van der Waals surface area contributed by atoms with Crippen LogP contribution in [-0.4, -0.2) is 23.3 Å². The molecule has 126 valence electrons. The SMILES string of the molecule is Cc1ccc(C[C@@H](C)NCC(=O)Cc2ccc([N+](=O)[O-])cc2)cc1. The highest BCUT2D eigenvalue weighted by atomic mass is 16.6. The Morgan fingerprint density at radius 2 is 1.67 bits per heavy atom. The van der Waals surface area contributed by atoms with E-state index in [9.17, 15) is 14.9 Å². The van der Waals surface area contributed by atoms with E-state index in [-0.39, 0.29) is 23.9 Å². The van der Waals surface area contributed by atoms with E-state index >= 15 is 0 Å². The van der Waals surface area contributed by atoms with Crippen molar-refractivity contribution in [2.75, 3.05) is 6.54 Å². The maximum Gasteiger partial charge on any atom is 0.269 e. The minimum atomic E-state index is -0.445. The lowest BCUT2D eigenvalue weighted by atomic mass is 10.0. The van der Waals surface area contributed by atoms with E-state index in [2.05, 4.69) is 43.4 Å². The highest BCUT2D eigenvalue weighted by Gasteiger charge is 2.09. The zero-order valence-electron chi connectivity index (χ0n) is 14.0. The smallest absolute Gasteiger partial charge is 0.269 e. The van der Waals surface area contributed by atoms with Crippen LogP contribution in [0.25, 0.3) is 0 Å². The molecular formula is C19H22N2O3. The summed E-state index contributed by atoms with van der Waals surface area (Å²) in [6.07, 6.45) is 1.15. The molecule has 0 fully saturated rings. The molecule has 0 radical (unpaired) electrons. The van der Waals surface area contributed by atoms with Crippen molar-refractivity contribution in [3.63, 3.8) is 0 Å². The van der Waals surface area contributed by atoms with Crippen molar-refractivity contribution in [3.05, 3.63) is 75.3 Å². The monoisotopic (exact) mass is 326 g/mol. The molecule has 5 nitrogen and oxygen atoms in total. The molecule has 0 aliphatic rings. The van der Waals surface area contributed by atoms with Gasteiger partial charge in [-0.3, -0.25) is 14.9 Å². The Hall–Kier alpha value is -2.53. The lowest BCUT2D eigenvalue weighted by Crippen LogP contribution is -2.33. The van der Waals surface area contributed by atoms with Gasteiger partial charge in [0.05, 0.1) is 11.5 Å². The van der Waals surface area contributed by atoms with Crippen molar-refractivity contribution in [1.82, 2.24) is 5.32 Å². The number of hydrogen-bond acceptors (Lipinski definition) is 4. The Labute approximate surface area is 141 Å².